The van der Waals surface area contributed by atoms with Gasteiger partial charge in [-0.2, -0.15) is 11.3 Å². The van der Waals surface area contributed by atoms with Gasteiger partial charge >= 0.3 is 0 Å². The van der Waals surface area contributed by atoms with Crippen molar-refractivity contribution in [1.29, 1.82) is 0 Å². The molecule has 2 rings (SSSR count). The molecule has 2 nitrogen and oxygen atoms in total. The first kappa shape index (κ1) is 12.1. The lowest BCUT2D eigenvalue weighted by molar-refractivity contribution is 0.0998. The average molecular weight is 239 g/mol. The van der Waals surface area contributed by atoms with Crippen molar-refractivity contribution in [2.45, 2.75) is 44.8 Å². The summed E-state index contributed by atoms with van der Waals surface area (Å²) in [6, 6.07) is 2.61. The van der Waals surface area contributed by atoms with E-state index in [-0.39, 0.29) is 6.10 Å². The fourth-order valence-corrected chi connectivity index (χ4v) is 3.18. The molecule has 1 aliphatic carbocycles. The van der Waals surface area contributed by atoms with Gasteiger partial charge in [-0.15, -0.1) is 0 Å². The van der Waals surface area contributed by atoms with Crippen molar-refractivity contribution < 1.29 is 5.11 Å². The summed E-state index contributed by atoms with van der Waals surface area (Å²) in [4.78, 5) is 0. The molecule has 0 spiro atoms. The standard InChI is InChI=1S/C13H21NOS/c1-10(12-5-6-16-9-12)14-8-11-3-2-4-13(15)7-11/h5-6,9-11,13-15H,2-4,7-8H2,1H3. The highest BCUT2D eigenvalue weighted by atomic mass is 32.1. The predicted molar refractivity (Wildman–Crippen MR) is 68.7 cm³/mol. The Balaban J connectivity index is 1.74. The summed E-state index contributed by atoms with van der Waals surface area (Å²) in [5.74, 6) is 0.657. The van der Waals surface area contributed by atoms with Crippen molar-refractivity contribution in [3.63, 3.8) is 0 Å². The van der Waals surface area contributed by atoms with Gasteiger partial charge in [0.2, 0.25) is 0 Å². The highest BCUT2D eigenvalue weighted by Crippen LogP contribution is 2.24. The Morgan fingerprint density at radius 3 is 3.12 bits per heavy atom. The fraction of sp³-hybridized carbons (Fsp3) is 0.692. The highest BCUT2D eigenvalue weighted by Gasteiger charge is 2.20. The van der Waals surface area contributed by atoms with Crippen LogP contribution in [-0.2, 0) is 0 Å². The number of hydrogen-bond acceptors (Lipinski definition) is 3. The van der Waals surface area contributed by atoms with Crippen molar-refractivity contribution in [1.82, 2.24) is 5.32 Å². The Morgan fingerprint density at radius 2 is 2.44 bits per heavy atom. The predicted octanol–water partition coefficient (Wildman–Crippen LogP) is 2.95. The minimum Gasteiger partial charge on any atom is -0.393 e. The van der Waals surface area contributed by atoms with Gasteiger partial charge in [0.1, 0.15) is 0 Å². The quantitative estimate of drug-likeness (QED) is 0.846. The molecule has 16 heavy (non-hydrogen) atoms. The fourth-order valence-electron chi connectivity index (χ4n) is 2.43. The molecule has 1 heterocycles. The largest absolute Gasteiger partial charge is 0.393 e. The molecule has 1 saturated carbocycles. The van der Waals surface area contributed by atoms with Gasteiger partial charge in [0.15, 0.2) is 0 Å². The number of aliphatic hydroxyl groups is 1. The van der Waals surface area contributed by atoms with Crippen LogP contribution in [0.1, 0.15) is 44.2 Å². The monoisotopic (exact) mass is 239 g/mol. The summed E-state index contributed by atoms with van der Waals surface area (Å²) < 4.78 is 0. The Bertz CT molecular complexity index is 299. The van der Waals surface area contributed by atoms with E-state index in [0.717, 1.165) is 19.4 Å². The van der Waals surface area contributed by atoms with Crippen LogP contribution in [0.4, 0.5) is 0 Å². The van der Waals surface area contributed by atoms with E-state index in [1.165, 1.54) is 18.4 Å². The van der Waals surface area contributed by atoms with Crippen LogP contribution >= 0.6 is 11.3 Å². The molecule has 90 valence electrons. The van der Waals surface area contributed by atoms with E-state index in [9.17, 15) is 5.11 Å². The maximum Gasteiger partial charge on any atom is 0.0543 e. The van der Waals surface area contributed by atoms with E-state index in [1.54, 1.807) is 11.3 Å². The van der Waals surface area contributed by atoms with Crippen molar-refractivity contribution >= 4 is 11.3 Å². The van der Waals surface area contributed by atoms with Gasteiger partial charge in [-0.05, 0) is 61.0 Å². The normalized spacial score (nSPS) is 27.9. The van der Waals surface area contributed by atoms with Gasteiger partial charge in [-0.25, -0.2) is 0 Å². The lowest BCUT2D eigenvalue weighted by atomic mass is 9.87. The Morgan fingerprint density at radius 1 is 1.56 bits per heavy atom. The second-order valence-corrected chi connectivity index (χ2v) is 5.65. The van der Waals surface area contributed by atoms with Crippen LogP contribution in [0, 0.1) is 5.92 Å². The molecule has 0 aromatic carbocycles. The van der Waals surface area contributed by atoms with Crippen molar-refractivity contribution in [2.24, 2.45) is 5.92 Å². The SMILES string of the molecule is CC(NCC1CCCC(O)C1)c1ccsc1. The number of aliphatic hydroxyl groups excluding tert-OH is 1. The molecule has 3 heteroatoms. The maximum absolute atomic E-state index is 9.60. The zero-order valence-corrected chi connectivity index (χ0v) is 10.7. The van der Waals surface area contributed by atoms with Crippen LogP contribution < -0.4 is 5.32 Å². The molecule has 0 amide bonds. The van der Waals surface area contributed by atoms with Crippen LogP contribution in [0.25, 0.3) is 0 Å². The number of rotatable bonds is 4. The molecule has 0 saturated heterocycles. The lowest BCUT2D eigenvalue weighted by Gasteiger charge is -2.27. The molecule has 0 bridgehead atoms. The minimum absolute atomic E-state index is 0.0583. The molecule has 1 aliphatic rings. The first-order valence-electron chi connectivity index (χ1n) is 6.19. The van der Waals surface area contributed by atoms with E-state index in [1.807, 2.05) is 0 Å². The molecule has 0 radical (unpaired) electrons. The second-order valence-electron chi connectivity index (χ2n) is 4.87. The van der Waals surface area contributed by atoms with Crippen LogP contribution in [0.15, 0.2) is 16.8 Å². The topological polar surface area (TPSA) is 32.3 Å². The van der Waals surface area contributed by atoms with Crippen LogP contribution in [0.2, 0.25) is 0 Å². The zero-order valence-electron chi connectivity index (χ0n) is 9.86. The van der Waals surface area contributed by atoms with Crippen LogP contribution in [0.3, 0.4) is 0 Å². The van der Waals surface area contributed by atoms with E-state index in [0.29, 0.717) is 12.0 Å². The number of thiophene rings is 1. The third-order valence-corrected chi connectivity index (χ3v) is 4.21. The molecule has 3 atom stereocenters. The summed E-state index contributed by atoms with van der Waals surface area (Å²) in [7, 11) is 0. The zero-order chi connectivity index (χ0) is 11.4. The van der Waals surface area contributed by atoms with Crippen LogP contribution in [0.5, 0.6) is 0 Å². The summed E-state index contributed by atoms with van der Waals surface area (Å²) >= 11 is 1.75. The average Bonchev–Trinajstić information content (AvgIpc) is 2.79. The first-order valence-corrected chi connectivity index (χ1v) is 7.13. The van der Waals surface area contributed by atoms with Gasteiger partial charge in [-0.1, -0.05) is 6.42 Å². The van der Waals surface area contributed by atoms with Gasteiger partial charge in [0, 0.05) is 6.04 Å². The summed E-state index contributed by atoms with van der Waals surface area (Å²) in [6.45, 7) is 3.25. The molecule has 1 aromatic heterocycles. The molecule has 0 aliphatic heterocycles. The van der Waals surface area contributed by atoms with Crippen molar-refractivity contribution in [3.8, 4) is 0 Å². The smallest absolute Gasteiger partial charge is 0.0543 e. The van der Waals surface area contributed by atoms with Crippen LogP contribution in [-0.4, -0.2) is 17.8 Å². The Labute approximate surface area is 102 Å². The van der Waals surface area contributed by atoms with Gasteiger partial charge in [0.05, 0.1) is 6.10 Å². The summed E-state index contributed by atoms with van der Waals surface area (Å²) in [6.07, 6.45) is 4.36. The van der Waals surface area contributed by atoms with Crippen molar-refractivity contribution in [3.05, 3.63) is 22.4 Å². The van der Waals surface area contributed by atoms with Gasteiger partial charge in [0.25, 0.3) is 0 Å². The molecule has 1 aromatic rings. The van der Waals surface area contributed by atoms with Crippen molar-refractivity contribution in [2.75, 3.05) is 6.54 Å². The number of nitrogens with one attached hydrogen (secondary N) is 1. The summed E-state index contributed by atoms with van der Waals surface area (Å²) in [5, 5.41) is 17.5. The third kappa shape index (κ3) is 3.30. The minimum atomic E-state index is -0.0583. The maximum atomic E-state index is 9.60. The molecule has 1 fully saturated rings. The lowest BCUT2D eigenvalue weighted by Crippen LogP contribution is -2.30. The second kappa shape index (κ2) is 5.80. The van der Waals surface area contributed by atoms with E-state index in [4.69, 9.17) is 0 Å². The number of hydrogen-bond donors (Lipinski definition) is 2. The van der Waals surface area contributed by atoms with E-state index >= 15 is 0 Å². The summed E-state index contributed by atoms with van der Waals surface area (Å²) in [5.41, 5.74) is 1.38. The first-order chi connectivity index (χ1) is 7.75. The molecular formula is C13H21NOS. The molecule has 3 unspecified atom stereocenters. The molecule has 2 N–H and O–H groups in total. The van der Waals surface area contributed by atoms with Gasteiger partial charge < -0.3 is 10.4 Å². The Kier molecular flexibility index (Phi) is 4.38. The highest BCUT2D eigenvalue weighted by molar-refractivity contribution is 7.07. The third-order valence-electron chi connectivity index (χ3n) is 3.51. The van der Waals surface area contributed by atoms with E-state index < -0.39 is 0 Å². The molecular weight excluding hydrogens is 218 g/mol. The Hall–Kier alpha value is -0.380. The van der Waals surface area contributed by atoms with E-state index in [2.05, 4.69) is 29.1 Å². The van der Waals surface area contributed by atoms with Gasteiger partial charge in [-0.3, -0.25) is 0 Å².